The SMILES string of the molecule is CCC1NC(=O)C2(CCCCC2)N(C(C)CC)C1=O. The molecule has 0 aromatic heterocycles. The third-order valence-electron chi connectivity index (χ3n) is 4.85. The van der Waals surface area contributed by atoms with Crippen LogP contribution in [-0.4, -0.2) is 34.3 Å². The van der Waals surface area contributed by atoms with Gasteiger partial charge in [-0.2, -0.15) is 0 Å². The molecule has 2 atom stereocenters. The quantitative estimate of drug-likeness (QED) is 0.851. The van der Waals surface area contributed by atoms with E-state index in [-0.39, 0.29) is 23.9 Å². The smallest absolute Gasteiger partial charge is 0.246 e. The van der Waals surface area contributed by atoms with Crippen LogP contribution in [0.3, 0.4) is 0 Å². The third-order valence-corrected chi connectivity index (χ3v) is 4.85. The van der Waals surface area contributed by atoms with Crippen LogP contribution in [0.1, 0.15) is 65.7 Å². The molecule has 1 N–H and O–H groups in total. The molecule has 1 saturated heterocycles. The van der Waals surface area contributed by atoms with Gasteiger partial charge >= 0.3 is 0 Å². The third kappa shape index (κ3) is 2.26. The predicted molar refractivity (Wildman–Crippen MR) is 74.6 cm³/mol. The minimum Gasteiger partial charge on any atom is -0.342 e. The summed E-state index contributed by atoms with van der Waals surface area (Å²) >= 11 is 0. The Kier molecular flexibility index (Phi) is 4.16. The summed E-state index contributed by atoms with van der Waals surface area (Å²) in [7, 11) is 0. The van der Waals surface area contributed by atoms with Crippen molar-refractivity contribution in [2.24, 2.45) is 0 Å². The van der Waals surface area contributed by atoms with E-state index in [1.165, 1.54) is 6.42 Å². The van der Waals surface area contributed by atoms with E-state index in [0.717, 1.165) is 32.1 Å². The Balaban J connectivity index is 2.37. The summed E-state index contributed by atoms with van der Waals surface area (Å²) in [4.78, 5) is 27.2. The molecule has 4 nitrogen and oxygen atoms in total. The number of amides is 2. The zero-order valence-corrected chi connectivity index (χ0v) is 12.4. The van der Waals surface area contributed by atoms with Crippen molar-refractivity contribution in [2.75, 3.05) is 0 Å². The van der Waals surface area contributed by atoms with Crippen molar-refractivity contribution < 1.29 is 9.59 Å². The van der Waals surface area contributed by atoms with Gasteiger partial charge in [-0.1, -0.05) is 33.1 Å². The van der Waals surface area contributed by atoms with Crippen molar-refractivity contribution in [3.63, 3.8) is 0 Å². The van der Waals surface area contributed by atoms with Crippen LogP contribution in [0.2, 0.25) is 0 Å². The summed E-state index contributed by atoms with van der Waals surface area (Å²) in [5, 5.41) is 2.96. The van der Waals surface area contributed by atoms with E-state index < -0.39 is 5.54 Å². The number of piperazine rings is 1. The van der Waals surface area contributed by atoms with E-state index in [1.807, 2.05) is 11.8 Å². The van der Waals surface area contributed by atoms with Crippen molar-refractivity contribution in [2.45, 2.75) is 83.3 Å². The van der Waals surface area contributed by atoms with Crippen LogP contribution >= 0.6 is 0 Å². The number of nitrogens with one attached hydrogen (secondary N) is 1. The largest absolute Gasteiger partial charge is 0.342 e. The topological polar surface area (TPSA) is 49.4 Å². The zero-order valence-electron chi connectivity index (χ0n) is 12.4. The maximum absolute atomic E-state index is 12.7. The van der Waals surface area contributed by atoms with E-state index >= 15 is 0 Å². The van der Waals surface area contributed by atoms with Gasteiger partial charge in [-0.25, -0.2) is 0 Å². The minimum atomic E-state index is -0.559. The van der Waals surface area contributed by atoms with E-state index in [1.54, 1.807) is 0 Å². The average molecular weight is 266 g/mol. The van der Waals surface area contributed by atoms with Crippen LogP contribution in [0, 0.1) is 0 Å². The first-order valence-corrected chi connectivity index (χ1v) is 7.71. The van der Waals surface area contributed by atoms with Crippen LogP contribution in [-0.2, 0) is 9.59 Å². The Labute approximate surface area is 115 Å². The lowest BCUT2D eigenvalue weighted by molar-refractivity contribution is -0.163. The van der Waals surface area contributed by atoms with Gasteiger partial charge in [0.15, 0.2) is 0 Å². The highest BCUT2D eigenvalue weighted by Gasteiger charge is 2.53. The van der Waals surface area contributed by atoms with Crippen LogP contribution in [0.5, 0.6) is 0 Å². The van der Waals surface area contributed by atoms with Crippen molar-refractivity contribution in [3.8, 4) is 0 Å². The molecule has 2 rings (SSSR count). The van der Waals surface area contributed by atoms with Gasteiger partial charge in [0.2, 0.25) is 11.8 Å². The Morgan fingerprint density at radius 1 is 1.26 bits per heavy atom. The van der Waals surface area contributed by atoms with Gasteiger partial charge in [0.05, 0.1) is 0 Å². The van der Waals surface area contributed by atoms with Gasteiger partial charge in [0.1, 0.15) is 11.6 Å². The van der Waals surface area contributed by atoms with E-state index in [2.05, 4.69) is 19.2 Å². The number of carbonyl (C=O) groups is 2. The second-order valence-corrected chi connectivity index (χ2v) is 5.99. The van der Waals surface area contributed by atoms with Gasteiger partial charge in [0.25, 0.3) is 0 Å². The molecular weight excluding hydrogens is 240 g/mol. The number of nitrogens with zero attached hydrogens (tertiary/aromatic N) is 1. The number of hydrogen-bond donors (Lipinski definition) is 1. The Morgan fingerprint density at radius 2 is 1.89 bits per heavy atom. The molecular formula is C15H26N2O2. The summed E-state index contributed by atoms with van der Waals surface area (Å²) in [5.41, 5.74) is -0.559. The first-order valence-electron chi connectivity index (χ1n) is 7.71. The van der Waals surface area contributed by atoms with Crippen molar-refractivity contribution in [3.05, 3.63) is 0 Å². The molecule has 108 valence electrons. The molecule has 4 heteroatoms. The average Bonchev–Trinajstić information content (AvgIpc) is 2.44. The molecule has 1 aliphatic heterocycles. The zero-order chi connectivity index (χ0) is 14.0. The maximum atomic E-state index is 12.7. The number of hydrogen-bond acceptors (Lipinski definition) is 2. The lowest BCUT2D eigenvalue weighted by Gasteiger charge is -2.52. The molecule has 1 aliphatic carbocycles. The highest BCUT2D eigenvalue weighted by Crippen LogP contribution is 2.38. The molecule has 1 spiro atoms. The van der Waals surface area contributed by atoms with Gasteiger partial charge in [-0.3, -0.25) is 9.59 Å². The normalized spacial score (nSPS) is 28.4. The predicted octanol–water partition coefficient (Wildman–Crippen LogP) is 2.22. The fourth-order valence-corrected chi connectivity index (χ4v) is 3.55. The van der Waals surface area contributed by atoms with Crippen LogP contribution in [0.4, 0.5) is 0 Å². The molecule has 0 radical (unpaired) electrons. The standard InChI is InChI=1S/C15H26N2O2/c1-4-11(3)17-13(18)12(5-2)16-14(19)15(17)9-7-6-8-10-15/h11-12H,4-10H2,1-3H3,(H,16,19). The molecule has 2 fully saturated rings. The van der Waals surface area contributed by atoms with Gasteiger partial charge in [-0.15, -0.1) is 0 Å². The van der Waals surface area contributed by atoms with E-state index in [9.17, 15) is 9.59 Å². The molecule has 0 aromatic carbocycles. The fraction of sp³-hybridized carbons (Fsp3) is 0.867. The monoisotopic (exact) mass is 266 g/mol. The Hall–Kier alpha value is -1.06. The molecule has 2 aliphatic rings. The Bertz CT molecular complexity index is 361. The highest BCUT2D eigenvalue weighted by atomic mass is 16.2. The first kappa shape index (κ1) is 14.4. The number of carbonyl (C=O) groups excluding carboxylic acids is 2. The van der Waals surface area contributed by atoms with Gasteiger partial charge in [0, 0.05) is 6.04 Å². The molecule has 1 saturated carbocycles. The molecule has 0 aromatic rings. The summed E-state index contributed by atoms with van der Waals surface area (Å²) in [6.07, 6.45) is 6.49. The number of rotatable bonds is 3. The molecule has 19 heavy (non-hydrogen) atoms. The van der Waals surface area contributed by atoms with Crippen LogP contribution in [0.15, 0.2) is 0 Å². The van der Waals surface area contributed by atoms with Gasteiger partial charge in [-0.05, 0) is 32.6 Å². The van der Waals surface area contributed by atoms with Crippen molar-refractivity contribution in [1.82, 2.24) is 10.2 Å². The summed E-state index contributed by atoms with van der Waals surface area (Å²) in [6, 6.07) is -0.181. The lowest BCUT2D eigenvalue weighted by atomic mass is 9.76. The molecule has 1 heterocycles. The first-order chi connectivity index (χ1) is 9.06. The summed E-state index contributed by atoms with van der Waals surface area (Å²) < 4.78 is 0. The summed E-state index contributed by atoms with van der Waals surface area (Å²) in [6.45, 7) is 6.11. The fourth-order valence-electron chi connectivity index (χ4n) is 3.55. The van der Waals surface area contributed by atoms with Crippen molar-refractivity contribution >= 4 is 11.8 Å². The second-order valence-electron chi connectivity index (χ2n) is 5.99. The molecule has 0 bridgehead atoms. The minimum absolute atomic E-state index is 0.0824. The van der Waals surface area contributed by atoms with Crippen LogP contribution < -0.4 is 5.32 Å². The molecule has 2 unspecified atom stereocenters. The maximum Gasteiger partial charge on any atom is 0.246 e. The highest BCUT2D eigenvalue weighted by molar-refractivity contribution is 6.00. The van der Waals surface area contributed by atoms with Crippen molar-refractivity contribution in [1.29, 1.82) is 0 Å². The van der Waals surface area contributed by atoms with Gasteiger partial charge < -0.3 is 10.2 Å². The summed E-state index contributed by atoms with van der Waals surface area (Å²) in [5.74, 6) is 0.206. The second kappa shape index (κ2) is 5.51. The van der Waals surface area contributed by atoms with E-state index in [4.69, 9.17) is 0 Å². The lowest BCUT2D eigenvalue weighted by Crippen LogP contribution is -2.72. The van der Waals surface area contributed by atoms with E-state index in [0.29, 0.717) is 6.42 Å². The molecule has 2 amide bonds. The van der Waals surface area contributed by atoms with Crippen LogP contribution in [0.25, 0.3) is 0 Å². The Morgan fingerprint density at radius 3 is 2.42 bits per heavy atom.